The molecule has 1 aliphatic heterocycles. The smallest absolute Gasteiger partial charge is 0.191 e. The zero-order valence-corrected chi connectivity index (χ0v) is 9.90. The zero-order chi connectivity index (χ0) is 11.4. The first-order valence-corrected chi connectivity index (χ1v) is 5.63. The lowest BCUT2D eigenvalue weighted by Gasteiger charge is -2.32. The van der Waals surface area contributed by atoms with Crippen molar-refractivity contribution in [1.29, 1.82) is 0 Å². The highest BCUT2D eigenvalue weighted by molar-refractivity contribution is 4.96. The van der Waals surface area contributed by atoms with Crippen molar-refractivity contribution in [2.75, 3.05) is 33.4 Å². The molecule has 0 spiro atoms. The van der Waals surface area contributed by atoms with Gasteiger partial charge in [0.25, 0.3) is 0 Å². The second-order valence-corrected chi connectivity index (χ2v) is 4.20. The third kappa shape index (κ3) is 3.04. The van der Waals surface area contributed by atoms with Crippen LogP contribution in [0.3, 0.4) is 0 Å². The molecule has 1 aromatic rings. The number of nitrogens with one attached hydrogen (secondary N) is 1. The van der Waals surface area contributed by atoms with Crippen molar-refractivity contribution in [3.8, 4) is 0 Å². The minimum atomic E-state index is 0.423. The van der Waals surface area contributed by atoms with Crippen LogP contribution in [0.4, 0.5) is 0 Å². The second kappa shape index (κ2) is 5.43. The van der Waals surface area contributed by atoms with Gasteiger partial charge in [0.1, 0.15) is 6.26 Å². The van der Waals surface area contributed by atoms with Crippen LogP contribution >= 0.6 is 0 Å². The summed E-state index contributed by atoms with van der Waals surface area (Å²) in [6, 6.07) is 0.423. The zero-order valence-electron chi connectivity index (χ0n) is 9.90. The standard InChI is InChI=1S/C11H19N3O2/c1-9-13-11(8-16-9)6-14-4-3-12-10(5-14)7-15-2/h8,10,12H,3-7H2,1-2H3. The number of aryl methyl sites for hydroxylation is 1. The Kier molecular flexibility index (Phi) is 3.93. The first-order chi connectivity index (χ1) is 7.78. The molecule has 0 bridgehead atoms. The van der Waals surface area contributed by atoms with Gasteiger partial charge in [0.2, 0.25) is 0 Å². The van der Waals surface area contributed by atoms with Gasteiger partial charge in [-0.25, -0.2) is 4.98 Å². The van der Waals surface area contributed by atoms with Gasteiger partial charge in [0, 0.05) is 46.3 Å². The predicted molar refractivity (Wildman–Crippen MR) is 60.2 cm³/mol. The van der Waals surface area contributed by atoms with E-state index in [-0.39, 0.29) is 0 Å². The van der Waals surface area contributed by atoms with Gasteiger partial charge in [-0.15, -0.1) is 0 Å². The summed E-state index contributed by atoms with van der Waals surface area (Å²) in [6.45, 7) is 6.54. The van der Waals surface area contributed by atoms with Gasteiger partial charge in [0.05, 0.1) is 12.3 Å². The van der Waals surface area contributed by atoms with Crippen LogP contribution in [0.1, 0.15) is 11.6 Å². The topological polar surface area (TPSA) is 50.5 Å². The van der Waals surface area contributed by atoms with E-state index in [1.165, 1.54) is 0 Å². The highest BCUT2D eigenvalue weighted by Crippen LogP contribution is 2.07. The summed E-state index contributed by atoms with van der Waals surface area (Å²) < 4.78 is 10.4. The molecule has 0 amide bonds. The molecule has 0 radical (unpaired) electrons. The van der Waals surface area contributed by atoms with Crippen LogP contribution < -0.4 is 5.32 Å². The van der Waals surface area contributed by atoms with E-state index in [1.54, 1.807) is 13.4 Å². The molecule has 0 aromatic carbocycles. The molecule has 5 heteroatoms. The SMILES string of the molecule is COCC1CN(Cc2coc(C)n2)CCN1. The van der Waals surface area contributed by atoms with Crippen LogP contribution in [0, 0.1) is 6.92 Å². The summed E-state index contributed by atoms with van der Waals surface area (Å²) in [5, 5.41) is 3.43. The molecule has 1 aliphatic rings. The van der Waals surface area contributed by atoms with E-state index in [2.05, 4.69) is 15.2 Å². The van der Waals surface area contributed by atoms with Crippen molar-refractivity contribution < 1.29 is 9.15 Å². The Morgan fingerprint density at radius 1 is 1.69 bits per heavy atom. The highest BCUT2D eigenvalue weighted by atomic mass is 16.5. The molecule has 1 atom stereocenters. The van der Waals surface area contributed by atoms with Crippen LogP contribution in [0.5, 0.6) is 0 Å². The first kappa shape index (κ1) is 11.6. The Morgan fingerprint density at radius 3 is 3.25 bits per heavy atom. The maximum Gasteiger partial charge on any atom is 0.191 e. The van der Waals surface area contributed by atoms with Gasteiger partial charge in [-0.1, -0.05) is 0 Å². The molecule has 90 valence electrons. The van der Waals surface area contributed by atoms with Crippen LogP contribution in [0.25, 0.3) is 0 Å². The van der Waals surface area contributed by atoms with Crippen LogP contribution in [-0.2, 0) is 11.3 Å². The van der Waals surface area contributed by atoms with Crippen molar-refractivity contribution in [2.45, 2.75) is 19.5 Å². The number of rotatable bonds is 4. The average molecular weight is 225 g/mol. The molecule has 2 heterocycles. The number of aromatic nitrogens is 1. The number of methoxy groups -OCH3 is 1. The van der Waals surface area contributed by atoms with Gasteiger partial charge < -0.3 is 14.5 Å². The average Bonchev–Trinajstić information content (AvgIpc) is 2.65. The summed E-state index contributed by atoms with van der Waals surface area (Å²) >= 11 is 0. The lowest BCUT2D eigenvalue weighted by Crippen LogP contribution is -2.52. The van der Waals surface area contributed by atoms with Gasteiger partial charge in [-0.3, -0.25) is 4.90 Å². The quantitative estimate of drug-likeness (QED) is 0.804. The fraction of sp³-hybridized carbons (Fsp3) is 0.727. The number of hydrogen-bond acceptors (Lipinski definition) is 5. The highest BCUT2D eigenvalue weighted by Gasteiger charge is 2.19. The maximum absolute atomic E-state index is 5.20. The lowest BCUT2D eigenvalue weighted by molar-refractivity contribution is 0.112. The number of nitrogens with zero attached hydrogens (tertiary/aromatic N) is 2. The van der Waals surface area contributed by atoms with E-state index >= 15 is 0 Å². The van der Waals surface area contributed by atoms with E-state index in [0.717, 1.165) is 44.4 Å². The molecule has 1 N–H and O–H groups in total. The van der Waals surface area contributed by atoms with Crippen LogP contribution in [-0.4, -0.2) is 49.3 Å². The third-order valence-electron chi connectivity index (χ3n) is 2.76. The number of ether oxygens (including phenoxy) is 1. The molecule has 1 saturated heterocycles. The predicted octanol–water partition coefficient (Wildman–Crippen LogP) is 0.403. The minimum Gasteiger partial charge on any atom is -0.449 e. The van der Waals surface area contributed by atoms with Crippen molar-refractivity contribution in [1.82, 2.24) is 15.2 Å². The summed E-state index contributed by atoms with van der Waals surface area (Å²) in [6.07, 6.45) is 1.74. The minimum absolute atomic E-state index is 0.423. The van der Waals surface area contributed by atoms with Gasteiger partial charge in [0.15, 0.2) is 5.89 Å². The van der Waals surface area contributed by atoms with E-state index in [9.17, 15) is 0 Å². The fourth-order valence-electron chi connectivity index (χ4n) is 2.06. The van der Waals surface area contributed by atoms with Crippen molar-refractivity contribution >= 4 is 0 Å². The van der Waals surface area contributed by atoms with Crippen molar-refractivity contribution in [3.63, 3.8) is 0 Å². The van der Waals surface area contributed by atoms with Gasteiger partial charge in [-0.2, -0.15) is 0 Å². The third-order valence-corrected chi connectivity index (χ3v) is 2.76. The number of hydrogen-bond donors (Lipinski definition) is 1. The molecule has 5 nitrogen and oxygen atoms in total. The second-order valence-electron chi connectivity index (χ2n) is 4.20. The van der Waals surface area contributed by atoms with Gasteiger partial charge in [-0.05, 0) is 0 Å². The van der Waals surface area contributed by atoms with Crippen LogP contribution in [0.15, 0.2) is 10.7 Å². The van der Waals surface area contributed by atoms with Crippen LogP contribution in [0.2, 0.25) is 0 Å². The summed E-state index contributed by atoms with van der Waals surface area (Å²) in [5.41, 5.74) is 1.01. The van der Waals surface area contributed by atoms with E-state index < -0.39 is 0 Å². The van der Waals surface area contributed by atoms with Gasteiger partial charge >= 0.3 is 0 Å². The van der Waals surface area contributed by atoms with E-state index in [0.29, 0.717) is 6.04 Å². The van der Waals surface area contributed by atoms with E-state index in [1.807, 2.05) is 6.92 Å². The summed E-state index contributed by atoms with van der Waals surface area (Å²) in [4.78, 5) is 6.69. The number of oxazole rings is 1. The molecule has 2 rings (SSSR count). The maximum atomic E-state index is 5.20. The Labute approximate surface area is 95.8 Å². The monoisotopic (exact) mass is 225 g/mol. The lowest BCUT2D eigenvalue weighted by atomic mass is 10.2. The Balaban J connectivity index is 1.85. The molecule has 1 fully saturated rings. The first-order valence-electron chi connectivity index (χ1n) is 5.63. The number of piperazine rings is 1. The Hall–Kier alpha value is -0.910. The fourth-order valence-corrected chi connectivity index (χ4v) is 2.06. The molecular formula is C11H19N3O2. The van der Waals surface area contributed by atoms with E-state index in [4.69, 9.17) is 9.15 Å². The molecule has 0 saturated carbocycles. The summed E-state index contributed by atoms with van der Waals surface area (Å²) in [5.74, 6) is 0.735. The molecule has 0 aliphatic carbocycles. The summed E-state index contributed by atoms with van der Waals surface area (Å²) in [7, 11) is 1.74. The normalized spacial score (nSPS) is 22.5. The molecule has 16 heavy (non-hydrogen) atoms. The molecular weight excluding hydrogens is 206 g/mol. The van der Waals surface area contributed by atoms with Crippen molar-refractivity contribution in [3.05, 3.63) is 17.8 Å². The molecule has 1 aromatic heterocycles. The molecule has 1 unspecified atom stereocenters. The Morgan fingerprint density at radius 2 is 2.56 bits per heavy atom. The largest absolute Gasteiger partial charge is 0.449 e. The Bertz CT molecular complexity index is 325. The van der Waals surface area contributed by atoms with Crippen molar-refractivity contribution in [2.24, 2.45) is 0 Å².